The van der Waals surface area contributed by atoms with Gasteiger partial charge in [-0.1, -0.05) is 74.8 Å². The Kier molecular flexibility index (Phi) is 5.41. The first-order valence-electron chi connectivity index (χ1n) is 9.28. The molecule has 0 radical (unpaired) electrons. The molecule has 0 aliphatic rings. The Hall–Kier alpha value is -3.09. The van der Waals surface area contributed by atoms with Crippen LogP contribution in [0.1, 0.15) is 5.56 Å². The highest BCUT2D eigenvalue weighted by Crippen LogP contribution is 2.35. The van der Waals surface area contributed by atoms with Crippen LogP contribution in [0.25, 0.3) is 0 Å². The zero-order chi connectivity index (χ0) is 19.3. The molecule has 2 nitrogen and oxygen atoms in total. The van der Waals surface area contributed by atoms with E-state index in [0.29, 0.717) is 14.3 Å². The molecule has 0 aliphatic heterocycles. The van der Waals surface area contributed by atoms with Crippen LogP contribution < -0.4 is 15.5 Å². The predicted octanol–water partition coefficient (Wildman–Crippen LogP) is 5.80. The van der Waals surface area contributed by atoms with E-state index in [1.807, 2.05) is 18.2 Å². The second-order valence-electron chi connectivity index (χ2n) is 6.67. The Morgan fingerprint density at radius 2 is 1.21 bits per heavy atom. The maximum absolute atomic E-state index is 10.4. The van der Waals surface area contributed by atoms with Crippen LogP contribution in [0, 0.1) is 6.92 Å². The lowest BCUT2D eigenvalue weighted by Crippen LogP contribution is -2.18. The highest BCUT2D eigenvalue weighted by molar-refractivity contribution is 7.56. The maximum Gasteiger partial charge on any atom is 0.123 e. The number of phenolic OH excluding ortho intramolecular Hbond substituents is 1. The smallest absolute Gasteiger partial charge is 0.123 e. The molecule has 0 aromatic heterocycles. The molecule has 0 saturated heterocycles. The Labute approximate surface area is 167 Å². The van der Waals surface area contributed by atoms with Crippen molar-refractivity contribution in [3.05, 3.63) is 109 Å². The van der Waals surface area contributed by atoms with Crippen molar-refractivity contribution in [3.8, 4) is 5.75 Å². The van der Waals surface area contributed by atoms with Crippen LogP contribution in [0.4, 0.5) is 17.1 Å². The molecule has 4 aromatic rings. The second kappa shape index (κ2) is 8.29. The van der Waals surface area contributed by atoms with Gasteiger partial charge in [0.05, 0.1) is 5.69 Å². The average Bonchev–Trinajstić information content (AvgIpc) is 2.74. The number of nitrogens with zero attached hydrogens (tertiary/aromatic N) is 1. The summed E-state index contributed by atoms with van der Waals surface area (Å²) in [5, 5.41) is 12.5. The van der Waals surface area contributed by atoms with Crippen LogP contribution in [0.3, 0.4) is 0 Å². The van der Waals surface area contributed by atoms with Gasteiger partial charge in [-0.15, -0.1) is 0 Å². The minimum atomic E-state index is 0.352. The van der Waals surface area contributed by atoms with Gasteiger partial charge in [-0.2, -0.15) is 0 Å². The van der Waals surface area contributed by atoms with Crippen molar-refractivity contribution in [2.45, 2.75) is 6.92 Å². The number of para-hydroxylation sites is 3. The summed E-state index contributed by atoms with van der Waals surface area (Å²) < 4.78 is 0. The third-order valence-electron chi connectivity index (χ3n) is 4.60. The largest absolute Gasteiger partial charge is 0.507 e. The topological polar surface area (TPSA) is 23.5 Å². The quantitative estimate of drug-likeness (QED) is 0.440. The maximum atomic E-state index is 10.4. The van der Waals surface area contributed by atoms with Gasteiger partial charge in [0.1, 0.15) is 5.75 Å². The standard InChI is InChI=1S/C25H22NOP/c1-19-16-17-23(27)25(18-19)28-24-15-9-8-14-22(24)26(20-10-4-2-5-11-20)21-12-6-3-7-13-21/h2-18,27-28H,1H3. The van der Waals surface area contributed by atoms with E-state index in [2.05, 4.69) is 90.7 Å². The van der Waals surface area contributed by atoms with Crippen molar-refractivity contribution >= 4 is 36.3 Å². The van der Waals surface area contributed by atoms with E-state index in [1.165, 1.54) is 5.30 Å². The first-order chi connectivity index (χ1) is 13.7. The summed E-state index contributed by atoms with van der Waals surface area (Å²) in [6.45, 7) is 2.06. The van der Waals surface area contributed by atoms with E-state index in [-0.39, 0.29) is 0 Å². The lowest BCUT2D eigenvalue weighted by Gasteiger charge is -2.27. The fraction of sp³-hybridized carbons (Fsp3) is 0.0400. The van der Waals surface area contributed by atoms with Crippen LogP contribution in [0.15, 0.2) is 103 Å². The molecule has 0 aliphatic carbocycles. The van der Waals surface area contributed by atoms with Crippen molar-refractivity contribution in [2.24, 2.45) is 0 Å². The van der Waals surface area contributed by atoms with Crippen LogP contribution in [-0.2, 0) is 0 Å². The van der Waals surface area contributed by atoms with Crippen molar-refractivity contribution in [1.29, 1.82) is 0 Å². The molecule has 0 spiro atoms. The number of hydrogen-bond donors (Lipinski definition) is 1. The summed E-state index contributed by atoms with van der Waals surface area (Å²) in [5.41, 5.74) is 4.50. The van der Waals surface area contributed by atoms with E-state index in [9.17, 15) is 5.11 Å². The van der Waals surface area contributed by atoms with Crippen molar-refractivity contribution in [1.82, 2.24) is 0 Å². The predicted molar refractivity (Wildman–Crippen MR) is 122 cm³/mol. The highest BCUT2D eigenvalue weighted by Gasteiger charge is 2.16. The van der Waals surface area contributed by atoms with E-state index in [0.717, 1.165) is 27.9 Å². The number of hydrogen-bond acceptors (Lipinski definition) is 2. The van der Waals surface area contributed by atoms with Gasteiger partial charge in [0, 0.05) is 22.0 Å². The Morgan fingerprint density at radius 1 is 0.643 bits per heavy atom. The third kappa shape index (κ3) is 3.93. The molecular formula is C25H22NOP. The molecule has 1 atom stereocenters. The zero-order valence-electron chi connectivity index (χ0n) is 15.7. The van der Waals surface area contributed by atoms with Gasteiger partial charge in [0.2, 0.25) is 0 Å². The fourth-order valence-electron chi connectivity index (χ4n) is 3.25. The van der Waals surface area contributed by atoms with Crippen LogP contribution in [0.5, 0.6) is 5.75 Å². The highest BCUT2D eigenvalue weighted by atomic mass is 31.1. The molecule has 0 bridgehead atoms. The number of aryl methyl sites for hydroxylation is 1. The van der Waals surface area contributed by atoms with Crippen LogP contribution >= 0.6 is 8.58 Å². The average molecular weight is 383 g/mol. The van der Waals surface area contributed by atoms with Gasteiger partial charge < -0.3 is 10.0 Å². The molecule has 1 N–H and O–H groups in total. The molecule has 0 fully saturated rings. The first kappa shape index (κ1) is 18.3. The Morgan fingerprint density at radius 3 is 1.86 bits per heavy atom. The van der Waals surface area contributed by atoms with Gasteiger partial charge in [-0.25, -0.2) is 0 Å². The molecular weight excluding hydrogens is 361 g/mol. The van der Waals surface area contributed by atoms with Gasteiger partial charge >= 0.3 is 0 Å². The van der Waals surface area contributed by atoms with E-state index in [4.69, 9.17) is 0 Å². The van der Waals surface area contributed by atoms with Crippen molar-refractivity contribution in [2.75, 3.05) is 4.90 Å². The molecule has 28 heavy (non-hydrogen) atoms. The summed E-state index contributed by atoms with van der Waals surface area (Å²) in [5.74, 6) is 0.352. The number of benzene rings is 4. The fourth-order valence-corrected chi connectivity index (χ4v) is 4.55. The Bertz CT molecular complexity index is 1020. The second-order valence-corrected chi connectivity index (χ2v) is 8.00. The summed E-state index contributed by atoms with van der Waals surface area (Å²) in [6, 6.07) is 35.0. The molecule has 0 heterocycles. The number of rotatable bonds is 5. The number of phenols is 1. The molecule has 138 valence electrons. The van der Waals surface area contributed by atoms with Gasteiger partial charge in [-0.05, 0) is 49.4 Å². The summed E-state index contributed by atoms with van der Waals surface area (Å²) in [4.78, 5) is 2.27. The monoisotopic (exact) mass is 383 g/mol. The Balaban J connectivity index is 1.83. The molecule has 4 aromatic carbocycles. The molecule has 0 saturated carbocycles. The summed E-state index contributed by atoms with van der Waals surface area (Å²) in [7, 11) is 0.362. The summed E-state index contributed by atoms with van der Waals surface area (Å²) >= 11 is 0. The normalized spacial score (nSPS) is 11.0. The molecule has 4 rings (SSSR count). The third-order valence-corrected chi connectivity index (χ3v) is 5.96. The van der Waals surface area contributed by atoms with Crippen LogP contribution in [-0.4, -0.2) is 5.11 Å². The van der Waals surface area contributed by atoms with Gasteiger partial charge in [0.25, 0.3) is 0 Å². The van der Waals surface area contributed by atoms with E-state index < -0.39 is 0 Å². The minimum absolute atomic E-state index is 0.352. The van der Waals surface area contributed by atoms with E-state index >= 15 is 0 Å². The van der Waals surface area contributed by atoms with Gasteiger partial charge in [-0.3, -0.25) is 0 Å². The molecule has 0 amide bonds. The minimum Gasteiger partial charge on any atom is -0.507 e. The van der Waals surface area contributed by atoms with Gasteiger partial charge in [0.15, 0.2) is 0 Å². The molecule has 3 heteroatoms. The first-order valence-corrected chi connectivity index (χ1v) is 10.3. The van der Waals surface area contributed by atoms with Crippen LogP contribution in [0.2, 0.25) is 0 Å². The lowest BCUT2D eigenvalue weighted by molar-refractivity contribution is 0.479. The van der Waals surface area contributed by atoms with Crippen molar-refractivity contribution < 1.29 is 5.11 Å². The summed E-state index contributed by atoms with van der Waals surface area (Å²) in [6.07, 6.45) is 0. The SMILES string of the molecule is Cc1ccc(O)c(Pc2ccccc2N(c2ccccc2)c2ccccc2)c1. The molecule has 1 unspecified atom stereocenters. The van der Waals surface area contributed by atoms with Crippen molar-refractivity contribution in [3.63, 3.8) is 0 Å². The number of anilines is 3. The zero-order valence-corrected chi connectivity index (χ0v) is 16.7. The number of aromatic hydroxyl groups is 1. The van der Waals surface area contributed by atoms with E-state index in [1.54, 1.807) is 6.07 Å². The lowest BCUT2D eigenvalue weighted by atomic mass is 10.2.